The highest BCUT2D eigenvalue weighted by Crippen LogP contribution is 2.24. The number of nitrogens with zero attached hydrogens (tertiary/aromatic N) is 1. The summed E-state index contributed by atoms with van der Waals surface area (Å²) in [4.78, 5) is 2.48. The molecule has 0 unspecified atom stereocenters. The number of hydrogen-bond donors (Lipinski definition) is 1. The second-order valence-corrected chi connectivity index (χ2v) is 6.50. The summed E-state index contributed by atoms with van der Waals surface area (Å²) in [6, 6.07) is 16.8. The Morgan fingerprint density at radius 1 is 0.880 bits per heavy atom. The van der Waals surface area contributed by atoms with E-state index in [2.05, 4.69) is 60.5 Å². The third-order valence-electron chi connectivity index (χ3n) is 4.32. The molecule has 1 saturated heterocycles. The van der Waals surface area contributed by atoms with E-state index in [0.29, 0.717) is 5.92 Å². The maximum absolute atomic E-state index is 5.93. The molecular formula is C20H28Cl2N2O. The molecule has 2 aromatic rings. The third kappa shape index (κ3) is 6.52. The van der Waals surface area contributed by atoms with Crippen molar-refractivity contribution in [3.05, 3.63) is 59.7 Å². The van der Waals surface area contributed by atoms with Gasteiger partial charge in [-0.15, -0.1) is 24.8 Å². The quantitative estimate of drug-likeness (QED) is 0.799. The summed E-state index contributed by atoms with van der Waals surface area (Å²) < 4.78 is 5.93. The predicted molar refractivity (Wildman–Crippen MR) is 110 cm³/mol. The SMILES string of the molecule is CC(C)c1ccc(Oc2ccc(CN3CCNCC3)cc2)cc1.Cl.Cl. The van der Waals surface area contributed by atoms with Crippen molar-refractivity contribution >= 4 is 24.8 Å². The first-order valence-corrected chi connectivity index (χ1v) is 8.50. The van der Waals surface area contributed by atoms with Crippen LogP contribution < -0.4 is 10.1 Å². The van der Waals surface area contributed by atoms with Crippen molar-refractivity contribution < 1.29 is 4.74 Å². The number of rotatable bonds is 5. The number of ether oxygens (including phenoxy) is 1. The standard InChI is InChI=1S/C20H26N2O.2ClH/c1-16(2)18-5-9-20(10-6-18)23-19-7-3-17(4-8-19)15-22-13-11-21-12-14-22;;/h3-10,16,21H,11-15H2,1-2H3;2*1H. The van der Waals surface area contributed by atoms with E-state index in [0.717, 1.165) is 44.2 Å². The molecule has 0 aromatic heterocycles. The van der Waals surface area contributed by atoms with Crippen LogP contribution >= 0.6 is 24.8 Å². The van der Waals surface area contributed by atoms with Crippen molar-refractivity contribution in [1.29, 1.82) is 0 Å². The number of halogens is 2. The minimum Gasteiger partial charge on any atom is -0.457 e. The average Bonchev–Trinajstić information content (AvgIpc) is 2.58. The summed E-state index contributed by atoms with van der Waals surface area (Å²) in [7, 11) is 0. The van der Waals surface area contributed by atoms with Crippen LogP contribution in [0.3, 0.4) is 0 Å². The van der Waals surface area contributed by atoms with Crippen molar-refractivity contribution in [1.82, 2.24) is 10.2 Å². The first kappa shape index (κ1) is 21.8. The van der Waals surface area contributed by atoms with Crippen molar-refractivity contribution in [3.8, 4) is 11.5 Å². The zero-order chi connectivity index (χ0) is 16.1. The maximum Gasteiger partial charge on any atom is 0.127 e. The summed E-state index contributed by atoms with van der Waals surface area (Å²) in [5.41, 5.74) is 2.68. The molecule has 0 atom stereocenters. The summed E-state index contributed by atoms with van der Waals surface area (Å²) in [6.45, 7) is 9.85. The second-order valence-electron chi connectivity index (χ2n) is 6.50. The average molecular weight is 383 g/mol. The van der Waals surface area contributed by atoms with Gasteiger partial charge in [0.2, 0.25) is 0 Å². The summed E-state index contributed by atoms with van der Waals surface area (Å²) >= 11 is 0. The molecule has 0 saturated carbocycles. The van der Waals surface area contributed by atoms with Crippen molar-refractivity contribution in [2.24, 2.45) is 0 Å². The Labute approximate surface area is 163 Å². The normalized spacial score (nSPS) is 14.5. The highest BCUT2D eigenvalue weighted by Gasteiger charge is 2.09. The molecule has 1 aliphatic heterocycles. The van der Waals surface area contributed by atoms with E-state index < -0.39 is 0 Å². The molecule has 0 spiro atoms. The van der Waals surface area contributed by atoms with Gasteiger partial charge in [-0.1, -0.05) is 38.1 Å². The number of piperazine rings is 1. The monoisotopic (exact) mass is 382 g/mol. The first-order chi connectivity index (χ1) is 11.2. The van der Waals surface area contributed by atoms with Gasteiger partial charge >= 0.3 is 0 Å². The summed E-state index contributed by atoms with van der Waals surface area (Å²) in [5.74, 6) is 2.34. The van der Waals surface area contributed by atoms with Crippen LogP contribution in [0.1, 0.15) is 30.9 Å². The van der Waals surface area contributed by atoms with Crippen molar-refractivity contribution in [2.75, 3.05) is 26.2 Å². The number of hydrogen-bond acceptors (Lipinski definition) is 3. The van der Waals surface area contributed by atoms with Crippen LogP contribution in [0, 0.1) is 0 Å². The van der Waals surface area contributed by atoms with Gasteiger partial charge in [0.05, 0.1) is 0 Å². The van der Waals surface area contributed by atoms with Gasteiger partial charge < -0.3 is 10.1 Å². The number of benzene rings is 2. The fraction of sp³-hybridized carbons (Fsp3) is 0.400. The van der Waals surface area contributed by atoms with E-state index in [1.807, 2.05) is 12.1 Å². The lowest BCUT2D eigenvalue weighted by molar-refractivity contribution is 0.233. The highest BCUT2D eigenvalue weighted by atomic mass is 35.5. The number of nitrogens with one attached hydrogen (secondary N) is 1. The molecule has 0 bridgehead atoms. The second kappa shape index (κ2) is 10.7. The first-order valence-electron chi connectivity index (χ1n) is 8.50. The van der Waals surface area contributed by atoms with Crippen molar-refractivity contribution in [2.45, 2.75) is 26.3 Å². The maximum atomic E-state index is 5.93. The largest absolute Gasteiger partial charge is 0.457 e. The Balaban J connectivity index is 0.00000156. The van der Waals surface area contributed by atoms with Crippen LogP contribution in [0.2, 0.25) is 0 Å². The van der Waals surface area contributed by atoms with E-state index in [1.54, 1.807) is 0 Å². The van der Waals surface area contributed by atoms with Crippen LogP contribution in [0.4, 0.5) is 0 Å². The topological polar surface area (TPSA) is 24.5 Å². The molecule has 1 aliphatic rings. The van der Waals surface area contributed by atoms with Gasteiger partial charge in [0.25, 0.3) is 0 Å². The molecule has 3 rings (SSSR count). The van der Waals surface area contributed by atoms with Crippen LogP contribution in [-0.2, 0) is 6.54 Å². The van der Waals surface area contributed by atoms with Crippen LogP contribution in [0.15, 0.2) is 48.5 Å². The van der Waals surface area contributed by atoms with Gasteiger partial charge in [-0.2, -0.15) is 0 Å². The van der Waals surface area contributed by atoms with E-state index in [-0.39, 0.29) is 24.8 Å². The minimum atomic E-state index is 0. The van der Waals surface area contributed by atoms with Gasteiger partial charge in [-0.05, 0) is 41.3 Å². The van der Waals surface area contributed by atoms with Crippen LogP contribution in [-0.4, -0.2) is 31.1 Å². The molecule has 25 heavy (non-hydrogen) atoms. The Morgan fingerprint density at radius 3 is 1.92 bits per heavy atom. The molecule has 1 fully saturated rings. The molecule has 2 aromatic carbocycles. The third-order valence-corrected chi connectivity index (χ3v) is 4.32. The fourth-order valence-corrected chi connectivity index (χ4v) is 2.85. The zero-order valence-electron chi connectivity index (χ0n) is 14.9. The van der Waals surface area contributed by atoms with Crippen molar-refractivity contribution in [3.63, 3.8) is 0 Å². The Bertz CT molecular complexity index is 609. The zero-order valence-corrected chi connectivity index (χ0v) is 16.5. The summed E-state index contributed by atoms with van der Waals surface area (Å²) in [5, 5.41) is 3.39. The molecule has 0 amide bonds. The molecule has 1 N–H and O–H groups in total. The van der Waals surface area contributed by atoms with Gasteiger partial charge in [0.1, 0.15) is 11.5 Å². The Morgan fingerprint density at radius 2 is 1.40 bits per heavy atom. The smallest absolute Gasteiger partial charge is 0.127 e. The van der Waals surface area contributed by atoms with E-state index in [1.165, 1.54) is 11.1 Å². The lowest BCUT2D eigenvalue weighted by Crippen LogP contribution is -2.42. The predicted octanol–water partition coefficient (Wildman–Crippen LogP) is 4.85. The van der Waals surface area contributed by atoms with Gasteiger partial charge in [0, 0.05) is 32.7 Å². The van der Waals surface area contributed by atoms with E-state index in [9.17, 15) is 0 Å². The molecule has 1 heterocycles. The lowest BCUT2D eigenvalue weighted by Gasteiger charge is -2.27. The van der Waals surface area contributed by atoms with Crippen LogP contribution in [0.25, 0.3) is 0 Å². The fourth-order valence-electron chi connectivity index (χ4n) is 2.85. The Kier molecular flexibility index (Phi) is 9.30. The van der Waals surface area contributed by atoms with Gasteiger partial charge in [-0.25, -0.2) is 0 Å². The molecule has 5 heteroatoms. The van der Waals surface area contributed by atoms with Gasteiger partial charge in [-0.3, -0.25) is 4.90 Å². The molecule has 3 nitrogen and oxygen atoms in total. The lowest BCUT2D eigenvalue weighted by atomic mass is 10.0. The highest BCUT2D eigenvalue weighted by molar-refractivity contribution is 5.85. The minimum absolute atomic E-state index is 0. The molecule has 138 valence electrons. The molecular weight excluding hydrogens is 355 g/mol. The summed E-state index contributed by atoms with van der Waals surface area (Å²) in [6.07, 6.45) is 0. The van der Waals surface area contributed by atoms with Gasteiger partial charge in [0.15, 0.2) is 0 Å². The van der Waals surface area contributed by atoms with E-state index >= 15 is 0 Å². The van der Waals surface area contributed by atoms with Crippen LogP contribution in [0.5, 0.6) is 11.5 Å². The molecule has 0 radical (unpaired) electrons. The van der Waals surface area contributed by atoms with E-state index in [4.69, 9.17) is 4.74 Å². The molecule has 0 aliphatic carbocycles. The Hall–Kier alpha value is -1.26.